The first-order valence-electron chi connectivity index (χ1n) is 10.6. The van der Waals surface area contributed by atoms with Crippen LogP contribution in [0.25, 0.3) is 0 Å². The van der Waals surface area contributed by atoms with Crippen LogP contribution in [0.3, 0.4) is 0 Å². The Morgan fingerprint density at radius 2 is 2.13 bits per heavy atom. The van der Waals surface area contributed by atoms with Crippen molar-refractivity contribution in [1.82, 2.24) is 4.98 Å². The molecule has 31 heavy (non-hydrogen) atoms. The van der Waals surface area contributed by atoms with Crippen molar-refractivity contribution in [2.75, 3.05) is 5.32 Å². The summed E-state index contributed by atoms with van der Waals surface area (Å²) in [6.07, 6.45) is 5.57. The second-order valence-corrected chi connectivity index (χ2v) is 11.8. The van der Waals surface area contributed by atoms with Gasteiger partial charge in [-0.15, -0.1) is 15.7 Å². The van der Waals surface area contributed by atoms with Gasteiger partial charge in [-0.25, -0.2) is 19.1 Å². The number of nitrogens with zero attached hydrogens (tertiary/aromatic N) is 2. The van der Waals surface area contributed by atoms with E-state index in [1.165, 1.54) is 0 Å². The summed E-state index contributed by atoms with van der Waals surface area (Å²) < 4.78 is 17.0. The van der Waals surface area contributed by atoms with E-state index in [0.29, 0.717) is 41.9 Å². The van der Waals surface area contributed by atoms with E-state index in [9.17, 15) is 19.2 Å². The van der Waals surface area contributed by atoms with Crippen LogP contribution in [0.15, 0.2) is 14.8 Å². The van der Waals surface area contributed by atoms with Crippen LogP contribution >= 0.6 is 11.3 Å². The van der Waals surface area contributed by atoms with Crippen LogP contribution in [0.4, 0.5) is 10.5 Å². The number of aromatic nitrogens is 1. The lowest BCUT2D eigenvalue weighted by Crippen LogP contribution is -2.25. The standard InChI is InChI=1S/C21H26N4O4S2/c1-21(28)9-3-6-15-18(21)30-20(23-15)31(22,29)25-19(27)24-17-12-5-2-4-11(12)10-14-13(17)7-8-16(14)26/h10,16,26,28H,2-9H2,1H3,(H3,22,24,25,27,29). The highest BCUT2D eigenvalue weighted by Gasteiger charge is 2.35. The first-order chi connectivity index (χ1) is 14.7. The van der Waals surface area contributed by atoms with Crippen molar-refractivity contribution in [2.24, 2.45) is 9.50 Å². The number of aliphatic hydroxyl groups is 2. The average molecular weight is 463 g/mol. The molecule has 3 unspecified atom stereocenters. The van der Waals surface area contributed by atoms with Crippen LogP contribution in [-0.4, -0.2) is 25.4 Å². The van der Waals surface area contributed by atoms with Gasteiger partial charge in [0.2, 0.25) is 4.34 Å². The van der Waals surface area contributed by atoms with Crippen molar-refractivity contribution >= 4 is 33.0 Å². The summed E-state index contributed by atoms with van der Waals surface area (Å²) in [5, 5.41) is 29.7. The summed E-state index contributed by atoms with van der Waals surface area (Å²) in [7, 11) is -3.55. The average Bonchev–Trinajstić information content (AvgIpc) is 3.40. The molecule has 166 valence electrons. The summed E-state index contributed by atoms with van der Waals surface area (Å²) in [5.41, 5.74) is 4.33. The second kappa shape index (κ2) is 7.35. The summed E-state index contributed by atoms with van der Waals surface area (Å²) in [6, 6.07) is 1.27. The van der Waals surface area contributed by atoms with Crippen molar-refractivity contribution in [2.45, 2.75) is 74.3 Å². The molecule has 5 N–H and O–H groups in total. The molecule has 5 rings (SSSR count). The van der Waals surface area contributed by atoms with E-state index >= 15 is 0 Å². The monoisotopic (exact) mass is 462 g/mol. The van der Waals surface area contributed by atoms with E-state index in [4.69, 9.17) is 5.14 Å². The largest absolute Gasteiger partial charge is 0.388 e. The van der Waals surface area contributed by atoms with Crippen LogP contribution < -0.4 is 10.5 Å². The smallest absolute Gasteiger partial charge is 0.354 e. The van der Waals surface area contributed by atoms with Gasteiger partial charge in [0.15, 0.2) is 9.92 Å². The number of hydrogen-bond acceptors (Lipinski definition) is 6. The van der Waals surface area contributed by atoms with Crippen LogP contribution in [0.1, 0.15) is 71.5 Å². The maximum absolute atomic E-state index is 13.1. The van der Waals surface area contributed by atoms with E-state index in [1.54, 1.807) is 6.92 Å². The van der Waals surface area contributed by atoms with Gasteiger partial charge in [-0.05, 0) is 80.5 Å². The molecular formula is C21H26N4O4S2. The molecule has 0 bridgehead atoms. The minimum absolute atomic E-state index is 0.0637. The number of aliphatic hydroxyl groups excluding tert-OH is 1. The Morgan fingerprint density at radius 1 is 1.32 bits per heavy atom. The molecule has 2 aromatic rings. The number of urea groups is 1. The first kappa shape index (κ1) is 21.0. The zero-order chi connectivity index (χ0) is 22.0. The van der Waals surface area contributed by atoms with E-state index in [1.807, 2.05) is 0 Å². The lowest BCUT2D eigenvalue weighted by molar-refractivity contribution is 0.0422. The highest BCUT2D eigenvalue weighted by Crippen LogP contribution is 2.43. The van der Waals surface area contributed by atoms with Crippen LogP contribution in [0, 0.1) is 0 Å². The summed E-state index contributed by atoms with van der Waals surface area (Å²) in [5.74, 6) is 0. The molecule has 2 amide bonds. The first-order valence-corrected chi connectivity index (χ1v) is 13.0. The second-order valence-electron chi connectivity index (χ2n) is 8.84. The number of anilines is 1. The molecule has 10 heteroatoms. The molecule has 3 atom stereocenters. The third-order valence-corrected chi connectivity index (χ3v) is 9.65. The molecule has 8 nitrogen and oxygen atoms in total. The van der Waals surface area contributed by atoms with Crippen molar-refractivity contribution in [3.05, 3.63) is 38.9 Å². The van der Waals surface area contributed by atoms with Gasteiger partial charge in [0.05, 0.1) is 22.3 Å². The third kappa shape index (κ3) is 3.60. The number of thiazole rings is 1. The quantitative estimate of drug-likeness (QED) is 0.543. The number of fused-ring (bicyclic) bond motifs is 3. The van der Waals surface area contributed by atoms with Gasteiger partial charge in [-0.2, -0.15) is 0 Å². The summed E-state index contributed by atoms with van der Waals surface area (Å²) >= 11 is 1.07. The maximum Gasteiger partial charge on any atom is 0.354 e. The lowest BCUT2D eigenvalue weighted by atomic mass is 9.89. The minimum Gasteiger partial charge on any atom is -0.388 e. The Kier molecular flexibility index (Phi) is 4.98. The SMILES string of the molecule is CC1(O)CCCc2nc(S(N)(=O)=NC(=O)Nc3c4c(cc5c3CCC5O)CCC4)sc21. The summed E-state index contributed by atoms with van der Waals surface area (Å²) in [6.45, 7) is 1.71. The Hall–Kier alpha value is -1.85. The van der Waals surface area contributed by atoms with Gasteiger partial charge in [-0.3, -0.25) is 0 Å². The van der Waals surface area contributed by atoms with Gasteiger partial charge in [0.25, 0.3) is 0 Å². The highest BCUT2D eigenvalue weighted by molar-refractivity contribution is 7.93. The fourth-order valence-electron chi connectivity index (χ4n) is 5.02. The van der Waals surface area contributed by atoms with Crippen LogP contribution in [0.5, 0.6) is 0 Å². The Balaban J connectivity index is 1.48. The zero-order valence-electron chi connectivity index (χ0n) is 17.3. The zero-order valence-corrected chi connectivity index (χ0v) is 18.9. The molecule has 1 aromatic carbocycles. The van der Waals surface area contributed by atoms with Crippen molar-refractivity contribution in [1.29, 1.82) is 0 Å². The summed E-state index contributed by atoms with van der Waals surface area (Å²) in [4.78, 5) is 17.8. The topological polar surface area (TPSA) is 138 Å². The highest BCUT2D eigenvalue weighted by atomic mass is 32.2. The van der Waals surface area contributed by atoms with Crippen molar-refractivity contribution in [3.8, 4) is 0 Å². The Labute approximate surface area is 185 Å². The lowest BCUT2D eigenvalue weighted by Gasteiger charge is -2.26. The van der Waals surface area contributed by atoms with Crippen LogP contribution in [0.2, 0.25) is 0 Å². The maximum atomic E-state index is 13.1. The molecule has 0 fully saturated rings. The molecule has 1 heterocycles. The van der Waals surface area contributed by atoms with Gasteiger partial charge in [0, 0.05) is 5.69 Å². The number of hydrogen-bond donors (Lipinski definition) is 4. The Bertz CT molecular complexity index is 1210. The molecule has 0 aliphatic heterocycles. The Morgan fingerprint density at radius 3 is 2.90 bits per heavy atom. The minimum atomic E-state index is -3.55. The number of nitrogens with one attached hydrogen (secondary N) is 1. The predicted octanol–water partition coefficient (Wildman–Crippen LogP) is 3.09. The fraction of sp³-hybridized carbons (Fsp3) is 0.524. The number of carbonyl (C=O) groups excluding carboxylic acids is 1. The van der Waals surface area contributed by atoms with E-state index < -0.39 is 27.7 Å². The van der Waals surface area contributed by atoms with E-state index in [2.05, 4.69) is 20.7 Å². The van der Waals surface area contributed by atoms with E-state index in [-0.39, 0.29) is 4.34 Å². The van der Waals surface area contributed by atoms with E-state index in [0.717, 1.165) is 59.3 Å². The van der Waals surface area contributed by atoms with Crippen molar-refractivity contribution in [3.63, 3.8) is 0 Å². The number of aryl methyl sites for hydroxylation is 2. The van der Waals surface area contributed by atoms with Gasteiger partial charge in [-0.1, -0.05) is 6.07 Å². The number of amides is 2. The molecule has 0 radical (unpaired) electrons. The third-order valence-electron chi connectivity index (χ3n) is 6.51. The molecule has 0 spiro atoms. The predicted molar refractivity (Wildman–Crippen MR) is 118 cm³/mol. The van der Waals surface area contributed by atoms with Crippen LogP contribution in [-0.2, 0) is 41.2 Å². The molecule has 3 aliphatic rings. The van der Waals surface area contributed by atoms with Gasteiger partial charge in [0.1, 0.15) is 0 Å². The normalized spacial score (nSPS) is 26.0. The van der Waals surface area contributed by atoms with Gasteiger partial charge < -0.3 is 15.5 Å². The number of rotatable bonds is 2. The fourth-order valence-corrected chi connectivity index (χ4v) is 7.39. The molecule has 0 saturated heterocycles. The molecule has 3 aliphatic carbocycles. The number of nitrogens with two attached hydrogens (primary N) is 1. The number of benzene rings is 1. The number of carbonyl (C=O) groups is 1. The van der Waals surface area contributed by atoms with Gasteiger partial charge >= 0.3 is 6.03 Å². The molecule has 1 aromatic heterocycles. The molecule has 0 saturated carbocycles. The van der Waals surface area contributed by atoms with Crippen molar-refractivity contribution < 1.29 is 19.2 Å². The molecular weight excluding hydrogens is 436 g/mol.